The number of rotatable bonds is 2. The number of carbonyl (C=O) groups is 1. The van der Waals surface area contributed by atoms with Crippen LogP contribution in [0.25, 0.3) is 0 Å². The molecule has 3 aliphatic rings. The van der Waals surface area contributed by atoms with Gasteiger partial charge in [0.05, 0.1) is 0 Å². The third-order valence-corrected chi connectivity index (χ3v) is 6.33. The summed E-state index contributed by atoms with van der Waals surface area (Å²) in [6.45, 7) is 6.41. The van der Waals surface area contributed by atoms with Crippen molar-refractivity contribution in [2.45, 2.75) is 50.3 Å². The molecule has 0 aliphatic carbocycles. The van der Waals surface area contributed by atoms with Gasteiger partial charge in [0.25, 0.3) is 5.91 Å². The number of thioether (sulfide) groups is 1. The molecule has 6 heteroatoms. The Morgan fingerprint density at radius 3 is 2.55 bits per heavy atom. The molecule has 3 aliphatic heterocycles. The third kappa shape index (κ3) is 3.45. The minimum absolute atomic E-state index is 0.0353. The molecule has 5 nitrogen and oxygen atoms in total. The van der Waals surface area contributed by atoms with Gasteiger partial charge in [-0.3, -0.25) is 9.69 Å². The van der Waals surface area contributed by atoms with Crippen molar-refractivity contribution in [3.05, 3.63) is 0 Å². The average molecular weight is 328 g/mol. The molecule has 22 heavy (non-hydrogen) atoms. The van der Waals surface area contributed by atoms with Crippen molar-refractivity contribution in [1.29, 1.82) is 0 Å². The molecule has 0 saturated carbocycles. The highest BCUT2D eigenvalue weighted by atomic mass is 32.2. The van der Waals surface area contributed by atoms with Crippen molar-refractivity contribution in [2.75, 3.05) is 44.4 Å². The second-order valence-electron chi connectivity index (χ2n) is 6.83. The first-order valence-corrected chi connectivity index (χ1v) is 9.69. The standard InChI is InChI=1S/C16H28N2O3S/c1-13-12-17(14-2-8-21-9-3-14)6-7-18(13)15(19)16(20)4-10-22-11-5-16/h13-14,20H,2-12H2,1H3/t13-/m1/s1. The van der Waals surface area contributed by atoms with Crippen LogP contribution in [-0.2, 0) is 9.53 Å². The molecular weight excluding hydrogens is 300 g/mol. The monoisotopic (exact) mass is 328 g/mol. The summed E-state index contributed by atoms with van der Waals surface area (Å²) in [6, 6.07) is 0.783. The van der Waals surface area contributed by atoms with Crippen LogP contribution in [0.5, 0.6) is 0 Å². The van der Waals surface area contributed by atoms with E-state index in [0.29, 0.717) is 18.9 Å². The van der Waals surface area contributed by atoms with Gasteiger partial charge in [-0.15, -0.1) is 0 Å². The summed E-state index contributed by atoms with van der Waals surface area (Å²) < 4.78 is 5.44. The molecule has 3 rings (SSSR count). The van der Waals surface area contributed by atoms with E-state index in [0.717, 1.165) is 57.2 Å². The minimum Gasteiger partial charge on any atom is -0.381 e. The van der Waals surface area contributed by atoms with Gasteiger partial charge in [0.15, 0.2) is 0 Å². The summed E-state index contributed by atoms with van der Waals surface area (Å²) in [5, 5.41) is 10.7. The smallest absolute Gasteiger partial charge is 0.254 e. The summed E-state index contributed by atoms with van der Waals surface area (Å²) in [5.74, 6) is 1.74. The van der Waals surface area contributed by atoms with Gasteiger partial charge in [0.2, 0.25) is 0 Å². The topological polar surface area (TPSA) is 53.0 Å². The Balaban J connectivity index is 1.59. The molecule has 126 valence electrons. The zero-order chi connectivity index (χ0) is 15.6. The van der Waals surface area contributed by atoms with Crippen molar-refractivity contribution in [2.24, 2.45) is 0 Å². The zero-order valence-electron chi connectivity index (χ0n) is 13.5. The van der Waals surface area contributed by atoms with E-state index in [1.54, 1.807) is 0 Å². The number of amides is 1. The van der Waals surface area contributed by atoms with Crippen LogP contribution in [0.15, 0.2) is 0 Å². The largest absolute Gasteiger partial charge is 0.381 e. The lowest BCUT2D eigenvalue weighted by Gasteiger charge is -2.46. The molecule has 0 unspecified atom stereocenters. The minimum atomic E-state index is -1.11. The normalized spacial score (nSPS) is 31.2. The van der Waals surface area contributed by atoms with E-state index in [2.05, 4.69) is 11.8 Å². The molecule has 0 spiro atoms. The van der Waals surface area contributed by atoms with Crippen LogP contribution in [0.4, 0.5) is 0 Å². The van der Waals surface area contributed by atoms with E-state index in [-0.39, 0.29) is 11.9 Å². The predicted octanol–water partition coefficient (Wildman–Crippen LogP) is 0.956. The van der Waals surface area contributed by atoms with Gasteiger partial charge in [-0.2, -0.15) is 11.8 Å². The average Bonchev–Trinajstić information content (AvgIpc) is 2.56. The van der Waals surface area contributed by atoms with E-state index in [1.807, 2.05) is 16.7 Å². The summed E-state index contributed by atoms with van der Waals surface area (Å²) >= 11 is 1.83. The van der Waals surface area contributed by atoms with Crippen LogP contribution in [0, 0.1) is 0 Å². The maximum Gasteiger partial charge on any atom is 0.254 e. The molecule has 0 aromatic rings. The Morgan fingerprint density at radius 2 is 1.91 bits per heavy atom. The predicted molar refractivity (Wildman–Crippen MR) is 88.1 cm³/mol. The van der Waals surface area contributed by atoms with E-state index in [1.165, 1.54) is 0 Å². The van der Waals surface area contributed by atoms with Gasteiger partial charge < -0.3 is 14.7 Å². The molecule has 3 saturated heterocycles. The Labute approximate surface area is 137 Å². The van der Waals surface area contributed by atoms with Crippen LogP contribution in [0.3, 0.4) is 0 Å². The molecule has 1 atom stereocenters. The number of nitrogens with zero attached hydrogens (tertiary/aromatic N) is 2. The van der Waals surface area contributed by atoms with E-state index >= 15 is 0 Å². The fourth-order valence-corrected chi connectivity index (χ4v) is 5.03. The van der Waals surface area contributed by atoms with Crippen molar-refractivity contribution < 1.29 is 14.6 Å². The lowest BCUT2D eigenvalue weighted by atomic mass is 9.93. The Morgan fingerprint density at radius 1 is 1.23 bits per heavy atom. The number of aliphatic hydroxyl groups is 1. The summed E-state index contributed by atoms with van der Waals surface area (Å²) in [5.41, 5.74) is -1.11. The Hall–Kier alpha value is -0.300. The maximum atomic E-state index is 12.8. The SMILES string of the molecule is C[C@@H]1CN(C2CCOCC2)CCN1C(=O)C1(O)CCSCC1. The van der Waals surface area contributed by atoms with E-state index in [9.17, 15) is 9.90 Å². The maximum absolute atomic E-state index is 12.8. The first-order valence-electron chi connectivity index (χ1n) is 8.53. The van der Waals surface area contributed by atoms with Gasteiger partial charge >= 0.3 is 0 Å². The van der Waals surface area contributed by atoms with Crippen LogP contribution in [0.1, 0.15) is 32.6 Å². The van der Waals surface area contributed by atoms with Crippen LogP contribution in [-0.4, -0.2) is 82.9 Å². The molecule has 3 heterocycles. The first-order chi connectivity index (χ1) is 10.6. The van der Waals surface area contributed by atoms with Crippen molar-refractivity contribution in [1.82, 2.24) is 9.80 Å². The van der Waals surface area contributed by atoms with Gasteiger partial charge in [0.1, 0.15) is 5.60 Å². The quantitative estimate of drug-likeness (QED) is 0.818. The Kier molecular flexibility index (Phi) is 5.32. The molecule has 1 amide bonds. The fraction of sp³-hybridized carbons (Fsp3) is 0.938. The highest BCUT2D eigenvalue weighted by Crippen LogP contribution is 2.30. The van der Waals surface area contributed by atoms with Crippen LogP contribution >= 0.6 is 11.8 Å². The molecule has 0 bridgehead atoms. The second kappa shape index (κ2) is 7.07. The van der Waals surface area contributed by atoms with E-state index < -0.39 is 5.60 Å². The summed E-state index contributed by atoms with van der Waals surface area (Å²) in [6.07, 6.45) is 3.40. The highest BCUT2D eigenvalue weighted by molar-refractivity contribution is 7.99. The van der Waals surface area contributed by atoms with Crippen molar-refractivity contribution in [3.8, 4) is 0 Å². The number of piperazine rings is 1. The number of ether oxygens (including phenoxy) is 1. The first kappa shape index (κ1) is 16.6. The summed E-state index contributed by atoms with van der Waals surface area (Å²) in [4.78, 5) is 17.2. The number of carbonyl (C=O) groups excluding carboxylic acids is 1. The Bertz CT molecular complexity index is 395. The highest BCUT2D eigenvalue weighted by Gasteiger charge is 2.43. The molecular formula is C16H28N2O3S. The second-order valence-corrected chi connectivity index (χ2v) is 8.05. The molecule has 0 radical (unpaired) electrons. The number of hydrogen-bond acceptors (Lipinski definition) is 5. The van der Waals surface area contributed by atoms with Gasteiger partial charge in [-0.1, -0.05) is 0 Å². The third-order valence-electron chi connectivity index (χ3n) is 5.35. The molecule has 0 aromatic heterocycles. The fourth-order valence-electron chi connectivity index (χ4n) is 3.86. The zero-order valence-corrected chi connectivity index (χ0v) is 14.3. The lowest BCUT2D eigenvalue weighted by molar-refractivity contribution is -0.157. The molecule has 1 N–H and O–H groups in total. The van der Waals surface area contributed by atoms with Gasteiger partial charge in [-0.05, 0) is 44.1 Å². The molecule has 3 fully saturated rings. The van der Waals surface area contributed by atoms with E-state index in [4.69, 9.17) is 4.74 Å². The molecule has 0 aromatic carbocycles. The number of hydrogen-bond donors (Lipinski definition) is 1. The van der Waals surface area contributed by atoms with Gasteiger partial charge in [-0.25, -0.2) is 0 Å². The summed E-state index contributed by atoms with van der Waals surface area (Å²) in [7, 11) is 0. The van der Waals surface area contributed by atoms with Crippen molar-refractivity contribution >= 4 is 17.7 Å². The van der Waals surface area contributed by atoms with Crippen molar-refractivity contribution in [3.63, 3.8) is 0 Å². The van der Waals surface area contributed by atoms with Gasteiger partial charge in [0, 0.05) is 44.9 Å². The van der Waals surface area contributed by atoms with Crippen LogP contribution in [0.2, 0.25) is 0 Å². The lowest BCUT2D eigenvalue weighted by Crippen LogP contribution is -2.61. The van der Waals surface area contributed by atoms with Crippen LogP contribution < -0.4 is 0 Å².